The molecular formula is C9H15NO4. The third-order valence-corrected chi connectivity index (χ3v) is 1.88. The van der Waals surface area contributed by atoms with E-state index in [9.17, 15) is 14.9 Å². The number of hydrogen-bond acceptors (Lipinski definition) is 4. The summed E-state index contributed by atoms with van der Waals surface area (Å²) in [5.41, 5.74) is 0. The van der Waals surface area contributed by atoms with Gasteiger partial charge in [-0.15, -0.1) is 0 Å². The lowest BCUT2D eigenvalue weighted by Gasteiger charge is -2.17. The van der Waals surface area contributed by atoms with Gasteiger partial charge in [-0.05, 0) is 6.42 Å². The van der Waals surface area contributed by atoms with Gasteiger partial charge in [0.1, 0.15) is 0 Å². The van der Waals surface area contributed by atoms with E-state index in [1.165, 1.54) is 6.92 Å². The molecule has 0 saturated heterocycles. The summed E-state index contributed by atoms with van der Waals surface area (Å²) in [6.45, 7) is 6.54. The lowest BCUT2D eigenvalue weighted by molar-refractivity contribution is -0.529. The van der Waals surface area contributed by atoms with Crippen molar-refractivity contribution in [2.45, 2.75) is 38.8 Å². The van der Waals surface area contributed by atoms with Crippen molar-refractivity contribution < 1.29 is 14.5 Å². The molecule has 5 heteroatoms. The normalized spacial score (nSPS) is 14.1. The van der Waals surface area contributed by atoms with Gasteiger partial charge in [0, 0.05) is 17.9 Å². The number of hydrogen-bond donors (Lipinski definition) is 0. The molecule has 0 rings (SSSR count). The van der Waals surface area contributed by atoms with Crippen LogP contribution in [0.4, 0.5) is 0 Å². The van der Waals surface area contributed by atoms with Gasteiger partial charge in [-0.3, -0.25) is 10.1 Å². The van der Waals surface area contributed by atoms with Crippen LogP contribution in [0.5, 0.6) is 0 Å². The summed E-state index contributed by atoms with van der Waals surface area (Å²) in [4.78, 5) is 20.9. The Morgan fingerprint density at radius 3 is 2.64 bits per heavy atom. The molecule has 0 radical (unpaired) electrons. The van der Waals surface area contributed by atoms with Crippen molar-refractivity contribution in [3.8, 4) is 0 Å². The number of ether oxygens (including phenoxy) is 1. The van der Waals surface area contributed by atoms with E-state index in [4.69, 9.17) is 4.74 Å². The van der Waals surface area contributed by atoms with E-state index in [-0.39, 0.29) is 0 Å². The predicted molar refractivity (Wildman–Crippen MR) is 51.4 cm³/mol. The van der Waals surface area contributed by atoms with Gasteiger partial charge in [0.25, 0.3) is 0 Å². The maximum atomic E-state index is 10.9. The van der Waals surface area contributed by atoms with Crippen LogP contribution in [-0.4, -0.2) is 23.0 Å². The molecule has 0 aromatic heterocycles. The van der Waals surface area contributed by atoms with Crippen LogP contribution >= 0.6 is 0 Å². The number of rotatable bonds is 6. The molecule has 0 amide bonds. The van der Waals surface area contributed by atoms with Gasteiger partial charge in [-0.2, -0.15) is 0 Å². The summed E-state index contributed by atoms with van der Waals surface area (Å²) in [6.07, 6.45) is 1.56. The van der Waals surface area contributed by atoms with Gasteiger partial charge in [0.15, 0.2) is 6.10 Å². The van der Waals surface area contributed by atoms with Crippen molar-refractivity contribution >= 4 is 5.97 Å². The Kier molecular flexibility index (Phi) is 5.52. The first kappa shape index (κ1) is 12.6. The average Bonchev–Trinajstić information content (AvgIpc) is 2.15. The van der Waals surface area contributed by atoms with Crippen molar-refractivity contribution in [3.63, 3.8) is 0 Å². The number of nitrogens with zero attached hydrogens (tertiary/aromatic N) is 1. The van der Waals surface area contributed by atoms with Crippen molar-refractivity contribution in [2.24, 2.45) is 0 Å². The first-order chi connectivity index (χ1) is 6.52. The second-order valence-corrected chi connectivity index (χ2v) is 2.99. The molecule has 80 valence electrons. The molecule has 0 aliphatic rings. The molecule has 0 aliphatic carbocycles. The van der Waals surface area contributed by atoms with Crippen LogP contribution < -0.4 is 0 Å². The minimum Gasteiger partial charge on any atom is -0.452 e. The maximum Gasteiger partial charge on any atom is 0.330 e. The van der Waals surface area contributed by atoms with E-state index >= 15 is 0 Å². The lowest BCUT2D eigenvalue weighted by Crippen LogP contribution is -2.34. The van der Waals surface area contributed by atoms with E-state index in [1.54, 1.807) is 0 Å². The molecule has 0 aromatic carbocycles. The van der Waals surface area contributed by atoms with Gasteiger partial charge in [0.2, 0.25) is 6.04 Å². The monoisotopic (exact) mass is 201 g/mol. The first-order valence-corrected chi connectivity index (χ1v) is 4.49. The highest BCUT2D eigenvalue weighted by atomic mass is 16.6. The topological polar surface area (TPSA) is 69.4 Å². The smallest absolute Gasteiger partial charge is 0.330 e. The lowest BCUT2D eigenvalue weighted by atomic mass is 10.1. The van der Waals surface area contributed by atoms with Gasteiger partial charge >= 0.3 is 5.97 Å². The second-order valence-electron chi connectivity index (χ2n) is 2.99. The molecule has 0 aliphatic heterocycles. The molecule has 0 spiro atoms. The Hall–Kier alpha value is -1.39. The number of esters is 1. The van der Waals surface area contributed by atoms with Crippen molar-refractivity contribution in [1.29, 1.82) is 0 Å². The van der Waals surface area contributed by atoms with Crippen LogP contribution in [0, 0.1) is 10.1 Å². The fourth-order valence-electron chi connectivity index (χ4n) is 1.02. The Morgan fingerprint density at radius 1 is 1.71 bits per heavy atom. The highest BCUT2D eigenvalue weighted by Gasteiger charge is 2.28. The highest BCUT2D eigenvalue weighted by Crippen LogP contribution is 2.10. The zero-order valence-electron chi connectivity index (χ0n) is 8.43. The molecule has 0 heterocycles. The number of carbonyl (C=O) groups excluding carboxylic acids is 1. The maximum absolute atomic E-state index is 10.9. The molecule has 0 fully saturated rings. The summed E-state index contributed by atoms with van der Waals surface area (Å²) < 4.78 is 4.86. The average molecular weight is 201 g/mol. The third kappa shape index (κ3) is 4.02. The van der Waals surface area contributed by atoms with Gasteiger partial charge < -0.3 is 4.74 Å². The number of nitro groups is 1. The standard InChI is InChI=1S/C9H15NO4/c1-4-6-8(7(3)10(12)13)14-9(11)5-2/h5,7-8H,2,4,6H2,1,3H3. The van der Waals surface area contributed by atoms with Crippen LogP contribution in [0.1, 0.15) is 26.7 Å². The second kappa shape index (κ2) is 6.12. The Bertz CT molecular complexity index is 227. The molecule has 0 bridgehead atoms. The third-order valence-electron chi connectivity index (χ3n) is 1.88. The van der Waals surface area contributed by atoms with Gasteiger partial charge in [0.05, 0.1) is 0 Å². The van der Waals surface area contributed by atoms with Crippen LogP contribution in [0.25, 0.3) is 0 Å². The van der Waals surface area contributed by atoms with E-state index in [0.29, 0.717) is 6.42 Å². The fourth-order valence-corrected chi connectivity index (χ4v) is 1.02. The Labute approximate surface area is 82.9 Å². The first-order valence-electron chi connectivity index (χ1n) is 4.49. The largest absolute Gasteiger partial charge is 0.452 e. The molecular weight excluding hydrogens is 186 g/mol. The zero-order chi connectivity index (χ0) is 11.1. The Balaban J connectivity index is 4.34. The van der Waals surface area contributed by atoms with Crippen LogP contribution in [0.15, 0.2) is 12.7 Å². The predicted octanol–water partition coefficient (Wildman–Crippen LogP) is 1.55. The molecule has 2 atom stereocenters. The SMILES string of the molecule is C=CC(=O)OC(CCC)C(C)[N+](=O)[O-]. The Morgan fingerprint density at radius 2 is 2.29 bits per heavy atom. The van der Waals surface area contributed by atoms with Crippen molar-refractivity contribution in [3.05, 3.63) is 22.8 Å². The molecule has 0 aromatic rings. The van der Waals surface area contributed by atoms with E-state index in [0.717, 1.165) is 12.5 Å². The summed E-state index contributed by atoms with van der Waals surface area (Å²) in [5, 5.41) is 10.5. The summed E-state index contributed by atoms with van der Waals surface area (Å²) in [6, 6.07) is -0.876. The van der Waals surface area contributed by atoms with Crippen molar-refractivity contribution in [1.82, 2.24) is 0 Å². The van der Waals surface area contributed by atoms with E-state index in [1.807, 2.05) is 6.92 Å². The van der Waals surface area contributed by atoms with Gasteiger partial charge in [-0.25, -0.2) is 4.79 Å². The van der Waals surface area contributed by atoms with E-state index in [2.05, 4.69) is 6.58 Å². The van der Waals surface area contributed by atoms with Crippen LogP contribution in [-0.2, 0) is 9.53 Å². The van der Waals surface area contributed by atoms with Crippen LogP contribution in [0.3, 0.4) is 0 Å². The molecule has 2 unspecified atom stereocenters. The van der Waals surface area contributed by atoms with E-state index < -0.39 is 23.0 Å². The molecule has 5 nitrogen and oxygen atoms in total. The molecule has 14 heavy (non-hydrogen) atoms. The quantitative estimate of drug-likeness (QED) is 0.283. The minimum absolute atomic E-state index is 0.448. The summed E-state index contributed by atoms with van der Waals surface area (Å²) >= 11 is 0. The highest BCUT2D eigenvalue weighted by molar-refractivity contribution is 5.81. The summed E-state index contributed by atoms with van der Waals surface area (Å²) in [7, 11) is 0. The fraction of sp³-hybridized carbons (Fsp3) is 0.667. The number of carbonyl (C=O) groups is 1. The van der Waals surface area contributed by atoms with Crippen LogP contribution in [0.2, 0.25) is 0 Å². The minimum atomic E-state index is -0.876. The van der Waals surface area contributed by atoms with Gasteiger partial charge in [-0.1, -0.05) is 19.9 Å². The molecule has 0 saturated carbocycles. The molecule has 0 N–H and O–H groups in total. The zero-order valence-corrected chi connectivity index (χ0v) is 8.43. The van der Waals surface area contributed by atoms with Crippen molar-refractivity contribution in [2.75, 3.05) is 0 Å². The summed E-state index contributed by atoms with van der Waals surface area (Å²) in [5.74, 6) is -0.614.